The summed E-state index contributed by atoms with van der Waals surface area (Å²) in [4.78, 5) is 73.9. The van der Waals surface area contributed by atoms with E-state index in [0.29, 0.717) is 33.0 Å². The number of hydrogen-bond donors (Lipinski definition) is 2. The van der Waals surface area contributed by atoms with E-state index in [2.05, 4.69) is 59.2 Å². The molecule has 58 heavy (non-hydrogen) atoms. The highest BCUT2D eigenvalue weighted by molar-refractivity contribution is 6.31. The molecular formula is C44H50ClN7O6. The average molecular weight is 808 g/mol. The predicted octanol–water partition coefficient (Wildman–Crippen LogP) is 5.54. The number of amides is 5. The van der Waals surface area contributed by atoms with Gasteiger partial charge in [-0.15, -0.1) is 0 Å². The van der Waals surface area contributed by atoms with Gasteiger partial charge < -0.3 is 15.0 Å². The number of piperidine rings is 1. The zero-order chi connectivity index (χ0) is 41.4. The number of fused-ring (bicyclic) bond motifs is 1. The minimum absolute atomic E-state index is 0.0911. The number of ether oxygens (including phenoxy) is 1. The van der Waals surface area contributed by atoms with E-state index in [1.165, 1.54) is 0 Å². The van der Waals surface area contributed by atoms with Crippen LogP contribution in [0.1, 0.15) is 109 Å². The molecule has 3 fully saturated rings. The Hall–Kier alpha value is -5.32. The van der Waals surface area contributed by atoms with Gasteiger partial charge in [-0.05, 0) is 74.7 Å². The first-order valence-electron chi connectivity index (χ1n) is 20.1. The van der Waals surface area contributed by atoms with Crippen LogP contribution in [0, 0.1) is 22.2 Å². The molecule has 2 aromatic carbocycles. The Kier molecular flexibility index (Phi) is 11.6. The van der Waals surface area contributed by atoms with Gasteiger partial charge in [0, 0.05) is 73.1 Å². The summed E-state index contributed by atoms with van der Waals surface area (Å²) in [6.45, 7) is 12.7. The summed E-state index contributed by atoms with van der Waals surface area (Å²) in [5, 5.41) is 15.0. The smallest absolute Gasteiger partial charge is 0.262 e. The molecule has 3 aromatic rings. The first kappa shape index (κ1) is 40.9. The van der Waals surface area contributed by atoms with E-state index in [1.54, 1.807) is 36.5 Å². The second-order valence-corrected chi connectivity index (χ2v) is 17.4. The Balaban J connectivity index is 0.800. The number of hydrogen-bond acceptors (Lipinski definition) is 10. The standard InChI is InChI=1S/C44H50ClN7O6/c1-43(2)41(44(3,4)42(43)58-31-14-11-27(25-46)34(45)24-31)49-37(54)28-10-12-29(47-26-28)9-7-5-6-8-18-50-19-21-51(22-20-50)30-13-15-32-33(23-30)40(57)52(39(32)56)35-16-17-36(53)48-38(35)55/h10-15,23-24,26,35,41-42H,5-9,16-22H2,1-4H3,(H,49,54)(H,48,53,55)/t35?,41-,42-. The molecule has 0 spiro atoms. The summed E-state index contributed by atoms with van der Waals surface area (Å²) in [7, 11) is 0. The molecule has 4 heterocycles. The van der Waals surface area contributed by atoms with Gasteiger partial charge in [0.05, 0.1) is 27.3 Å². The van der Waals surface area contributed by atoms with Crippen molar-refractivity contribution >= 4 is 46.8 Å². The van der Waals surface area contributed by atoms with Crippen LogP contribution in [0.2, 0.25) is 5.02 Å². The molecular weight excluding hydrogens is 758 g/mol. The molecule has 4 aliphatic rings. The molecule has 0 radical (unpaired) electrons. The number of carbonyl (C=O) groups excluding carboxylic acids is 5. The number of nitrogens with zero attached hydrogens (tertiary/aromatic N) is 5. The quantitative estimate of drug-likeness (QED) is 0.165. The predicted molar refractivity (Wildman–Crippen MR) is 218 cm³/mol. The molecule has 2 saturated heterocycles. The minimum atomic E-state index is -0.972. The maximum Gasteiger partial charge on any atom is 0.262 e. The maximum absolute atomic E-state index is 13.3. The van der Waals surface area contributed by atoms with Crippen molar-refractivity contribution in [1.29, 1.82) is 5.26 Å². The van der Waals surface area contributed by atoms with Crippen molar-refractivity contribution in [2.75, 3.05) is 37.6 Å². The summed E-state index contributed by atoms with van der Waals surface area (Å²) >= 11 is 6.23. The molecule has 1 atom stereocenters. The lowest BCUT2D eigenvalue weighted by Gasteiger charge is -2.63. The molecule has 5 amide bonds. The normalized spacial score (nSPS) is 22.5. The highest BCUT2D eigenvalue weighted by atomic mass is 35.5. The number of benzene rings is 2. The number of nitrogens with one attached hydrogen (secondary N) is 2. The average Bonchev–Trinajstić information content (AvgIpc) is 3.45. The molecule has 2 N–H and O–H groups in total. The van der Waals surface area contributed by atoms with Gasteiger partial charge in [-0.25, -0.2) is 0 Å². The van der Waals surface area contributed by atoms with E-state index in [1.807, 2.05) is 18.2 Å². The molecule has 13 nitrogen and oxygen atoms in total. The lowest BCUT2D eigenvalue weighted by Crippen LogP contribution is -2.74. The van der Waals surface area contributed by atoms with Crippen molar-refractivity contribution in [2.24, 2.45) is 10.8 Å². The summed E-state index contributed by atoms with van der Waals surface area (Å²) < 4.78 is 6.35. The largest absolute Gasteiger partial charge is 0.489 e. The van der Waals surface area contributed by atoms with Crippen LogP contribution in [0.5, 0.6) is 5.75 Å². The van der Waals surface area contributed by atoms with E-state index in [0.717, 1.165) is 81.1 Å². The summed E-state index contributed by atoms with van der Waals surface area (Å²) in [5.41, 5.74) is 2.64. The monoisotopic (exact) mass is 807 g/mol. The number of nitriles is 1. The van der Waals surface area contributed by atoms with Crippen LogP contribution in [-0.4, -0.2) is 95.2 Å². The third kappa shape index (κ3) is 8.05. The number of pyridine rings is 1. The number of aromatic nitrogens is 1. The van der Waals surface area contributed by atoms with Crippen LogP contribution in [0.4, 0.5) is 5.69 Å². The maximum atomic E-state index is 13.3. The molecule has 0 bridgehead atoms. The van der Waals surface area contributed by atoms with Gasteiger partial charge >= 0.3 is 0 Å². The summed E-state index contributed by atoms with van der Waals surface area (Å²) in [5.74, 6) is -1.55. The van der Waals surface area contributed by atoms with E-state index in [9.17, 15) is 29.2 Å². The topological polar surface area (TPSA) is 165 Å². The van der Waals surface area contributed by atoms with Gasteiger partial charge in [0.2, 0.25) is 11.8 Å². The van der Waals surface area contributed by atoms with Crippen molar-refractivity contribution in [3.05, 3.63) is 87.7 Å². The van der Waals surface area contributed by atoms with Crippen LogP contribution >= 0.6 is 11.6 Å². The molecule has 7 rings (SSSR count). The van der Waals surface area contributed by atoms with Gasteiger partial charge in [0.1, 0.15) is 24.0 Å². The zero-order valence-electron chi connectivity index (χ0n) is 33.5. The van der Waals surface area contributed by atoms with E-state index >= 15 is 0 Å². The van der Waals surface area contributed by atoms with Crippen LogP contribution in [0.25, 0.3) is 0 Å². The summed E-state index contributed by atoms with van der Waals surface area (Å²) in [6, 6.07) is 15.1. The second-order valence-electron chi connectivity index (χ2n) is 17.0. The van der Waals surface area contributed by atoms with E-state index in [4.69, 9.17) is 16.3 Å². The number of unbranched alkanes of at least 4 members (excludes halogenated alkanes) is 3. The fourth-order valence-corrected chi connectivity index (χ4v) is 9.61. The lowest BCUT2D eigenvalue weighted by molar-refractivity contribution is -0.164. The Bertz CT molecular complexity index is 2140. The highest BCUT2D eigenvalue weighted by Crippen LogP contribution is 2.55. The molecule has 3 aliphatic heterocycles. The van der Waals surface area contributed by atoms with Gasteiger partial charge in [-0.2, -0.15) is 5.26 Å². The van der Waals surface area contributed by atoms with Crippen LogP contribution in [0.15, 0.2) is 54.7 Å². The summed E-state index contributed by atoms with van der Waals surface area (Å²) in [6.07, 6.45) is 6.86. The van der Waals surface area contributed by atoms with Gasteiger partial charge in [0.25, 0.3) is 17.7 Å². The molecule has 1 unspecified atom stereocenters. The zero-order valence-corrected chi connectivity index (χ0v) is 34.2. The van der Waals surface area contributed by atoms with E-state index < -0.39 is 29.7 Å². The third-order valence-electron chi connectivity index (χ3n) is 12.3. The third-order valence-corrected chi connectivity index (χ3v) is 12.6. The first-order valence-corrected chi connectivity index (χ1v) is 20.5. The Labute approximate surface area is 344 Å². The number of aryl methyl sites for hydroxylation is 1. The number of halogens is 1. The molecule has 1 aromatic heterocycles. The number of rotatable bonds is 13. The Morgan fingerprint density at radius 3 is 2.33 bits per heavy atom. The molecule has 1 saturated carbocycles. The fraction of sp³-hybridized carbons (Fsp3) is 0.477. The van der Waals surface area contributed by atoms with Crippen molar-refractivity contribution in [3.63, 3.8) is 0 Å². The van der Waals surface area contributed by atoms with Gasteiger partial charge in [0.15, 0.2) is 0 Å². The van der Waals surface area contributed by atoms with Gasteiger partial charge in [-0.3, -0.25) is 44.1 Å². The fourth-order valence-electron chi connectivity index (χ4n) is 9.40. The first-order chi connectivity index (χ1) is 27.7. The van der Waals surface area contributed by atoms with Crippen molar-refractivity contribution < 1.29 is 28.7 Å². The van der Waals surface area contributed by atoms with Crippen molar-refractivity contribution in [2.45, 2.75) is 90.8 Å². The molecule has 14 heteroatoms. The Morgan fingerprint density at radius 2 is 1.66 bits per heavy atom. The van der Waals surface area contributed by atoms with Crippen molar-refractivity contribution in [3.8, 4) is 11.8 Å². The molecule has 1 aliphatic carbocycles. The molecule has 304 valence electrons. The SMILES string of the molecule is CC1(C)[C@H](NC(=O)c2ccc(CCCCCCN3CCN(c4ccc5c(c4)C(=O)N(C4CCC(=O)NC4=O)C5=O)CC3)nc2)C(C)(C)[C@H]1Oc1ccc(C#N)c(Cl)c1. The Morgan fingerprint density at radius 1 is 0.931 bits per heavy atom. The highest BCUT2D eigenvalue weighted by Gasteiger charge is 2.64. The number of carbonyl (C=O) groups is 5. The minimum Gasteiger partial charge on any atom is -0.489 e. The van der Waals surface area contributed by atoms with Crippen LogP contribution in [-0.2, 0) is 16.0 Å². The van der Waals surface area contributed by atoms with Crippen molar-refractivity contribution in [1.82, 2.24) is 25.4 Å². The lowest BCUT2D eigenvalue weighted by atomic mass is 9.49. The van der Waals surface area contributed by atoms with E-state index in [-0.39, 0.29) is 41.7 Å². The van der Waals surface area contributed by atoms with Gasteiger partial charge in [-0.1, -0.05) is 52.1 Å². The second kappa shape index (κ2) is 16.5. The van der Waals surface area contributed by atoms with Crippen LogP contribution < -0.4 is 20.3 Å². The number of piperazine rings is 1. The van der Waals surface area contributed by atoms with Crippen LogP contribution in [0.3, 0.4) is 0 Å². The number of anilines is 1. The number of imide groups is 2.